The molecule has 0 spiro atoms. The Labute approximate surface area is 542 Å². The lowest BCUT2D eigenvalue weighted by Crippen LogP contribution is -2.55. The van der Waals surface area contributed by atoms with Crippen LogP contribution in [0.5, 0.6) is 34.5 Å². The van der Waals surface area contributed by atoms with E-state index in [0.717, 1.165) is 60.8 Å². The summed E-state index contributed by atoms with van der Waals surface area (Å²) in [5.41, 5.74) is 4.01. The molecule has 27 heteroatoms. The number of carbonyl (C=O) groups is 6. The first-order valence-corrected chi connectivity index (χ1v) is 32.6. The smallest absolute Gasteiger partial charge is 0.394 e. The van der Waals surface area contributed by atoms with Crippen LogP contribution in [-0.4, -0.2) is 202 Å². The maximum atomic E-state index is 13.7. The summed E-state index contributed by atoms with van der Waals surface area (Å²) in [6.45, 7) is 13.7. The summed E-state index contributed by atoms with van der Waals surface area (Å²) in [4.78, 5) is 87.1. The number of amides is 4. The Morgan fingerprint density at radius 1 is 0.505 bits per heavy atom. The topological polar surface area (TPSA) is 335 Å². The van der Waals surface area contributed by atoms with E-state index in [9.17, 15) is 39.0 Å². The lowest BCUT2D eigenvalue weighted by Gasteiger charge is -2.37. The minimum atomic E-state index is -4.67. The van der Waals surface area contributed by atoms with E-state index in [1.807, 2.05) is 76.2 Å². The number of hydrogen-bond acceptors (Lipinski definition) is 18. The number of aryl methyl sites for hydroxylation is 4. The van der Waals surface area contributed by atoms with Crippen molar-refractivity contribution in [3.8, 4) is 34.5 Å². The van der Waals surface area contributed by atoms with Gasteiger partial charge < -0.3 is 68.5 Å². The van der Waals surface area contributed by atoms with Gasteiger partial charge in [-0.25, -0.2) is 9.59 Å². The first-order chi connectivity index (χ1) is 44.2. The molecule has 4 aromatic rings. The molecule has 2 aliphatic carbocycles. The molecule has 93 heavy (non-hydrogen) atoms. The second-order valence-electron chi connectivity index (χ2n) is 24.8. The highest BCUT2D eigenvalue weighted by molar-refractivity contribution is 7.79. The summed E-state index contributed by atoms with van der Waals surface area (Å²) < 4.78 is 76.0. The number of methoxy groups -OCH3 is 6. The van der Waals surface area contributed by atoms with Crippen molar-refractivity contribution in [2.45, 2.75) is 128 Å². The van der Waals surface area contributed by atoms with Crippen molar-refractivity contribution in [3.63, 3.8) is 0 Å². The van der Waals surface area contributed by atoms with Crippen LogP contribution in [0.15, 0.2) is 60.7 Å². The van der Waals surface area contributed by atoms with E-state index in [-0.39, 0.29) is 23.7 Å². The van der Waals surface area contributed by atoms with Crippen LogP contribution < -0.4 is 39.1 Å². The molecule has 0 unspecified atom stereocenters. The van der Waals surface area contributed by atoms with Crippen molar-refractivity contribution in [1.82, 2.24) is 30.2 Å². The van der Waals surface area contributed by atoms with Crippen LogP contribution in [0.1, 0.15) is 97.9 Å². The van der Waals surface area contributed by atoms with Gasteiger partial charge in [0.15, 0.2) is 35.2 Å². The van der Waals surface area contributed by atoms with E-state index in [1.165, 1.54) is 11.1 Å². The third-order valence-electron chi connectivity index (χ3n) is 17.8. The number of hydrogen-bond donors (Lipinski definition) is 6. The number of rotatable bonds is 24. The Bertz CT molecular complexity index is 3280. The van der Waals surface area contributed by atoms with Crippen molar-refractivity contribution in [2.75, 3.05) is 95.0 Å². The molecule has 0 aromatic heterocycles. The fourth-order valence-electron chi connectivity index (χ4n) is 13.0. The van der Waals surface area contributed by atoms with E-state index in [1.54, 1.807) is 64.6 Å². The summed E-state index contributed by atoms with van der Waals surface area (Å²) >= 11 is 0. The lowest BCUT2D eigenvalue weighted by atomic mass is 9.92. The molecule has 0 radical (unpaired) electrons. The maximum absolute atomic E-state index is 13.7. The van der Waals surface area contributed by atoms with E-state index < -0.39 is 69.6 Å². The number of carbonyl (C=O) groups excluding carboxylic acids is 4. The normalized spacial score (nSPS) is 21.3. The number of epoxide rings is 2. The molecule has 10 rings (SSSR count). The lowest BCUT2D eigenvalue weighted by molar-refractivity contribution is -0.144. The fourth-order valence-corrected chi connectivity index (χ4v) is 13.0. The monoisotopic (exact) mass is 1320 g/mol. The highest BCUT2D eigenvalue weighted by Crippen LogP contribution is 2.50. The summed E-state index contributed by atoms with van der Waals surface area (Å²) in [7, 11) is 4.83. The van der Waals surface area contributed by atoms with Crippen LogP contribution in [0.2, 0.25) is 0 Å². The highest BCUT2D eigenvalue weighted by atomic mass is 32.3. The largest absolute Gasteiger partial charge is 0.493 e. The SMILES string of the molecule is COc1ccc(CN2CCN(C(=O)[C@H](CC(C)C)NC(=O)[C@@H]3O[C@]3(C(=O)O)c3ccc4c(c3)CCC4)CC2)c(OC)c1OC.COc1ccc(CN2CCN(C(=O)[C@H](CC(C)C)NC(=O)[C@@H]3O[C@]3(C(=O)O)c3ccc4c(c3)CCC4)CC2)c(OC)c1OC.O=S(=O)(O)O. The number of aliphatic carboxylic acids is 2. The predicted octanol–water partition coefficient (Wildman–Crippen LogP) is 4.86. The predicted molar refractivity (Wildman–Crippen MR) is 338 cm³/mol. The Kier molecular flexibility index (Phi) is 23.3. The van der Waals surface area contributed by atoms with Gasteiger partial charge in [0.05, 0.1) is 42.7 Å². The Morgan fingerprint density at radius 2 is 0.839 bits per heavy atom. The molecule has 0 saturated carbocycles. The van der Waals surface area contributed by atoms with Crippen molar-refractivity contribution in [3.05, 3.63) is 105 Å². The zero-order valence-electron chi connectivity index (χ0n) is 54.5. The van der Waals surface area contributed by atoms with E-state index >= 15 is 0 Å². The first-order valence-electron chi connectivity index (χ1n) is 31.2. The Hall–Kier alpha value is -7.79. The molecule has 4 saturated heterocycles. The number of benzene rings is 4. The quantitative estimate of drug-likeness (QED) is 0.0403. The van der Waals surface area contributed by atoms with Crippen molar-refractivity contribution in [1.29, 1.82) is 0 Å². The van der Waals surface area contributed by atoms with Crippen LogP contribution in [0, 0.1) is 11.8 Å². The Morgan fingerprint density at radius 3 is 1.14 bits per heavy atom. The summed E-state index contributed by atoms with van der Waals surface area (Å²) in [5.74, 6) is -0.164. The average Bonchev–Trinajstić information content (AvgIpc) is 1.56. The third kappa shape index (κ3) is 16.4. The van der Waals surface area contributed by atoms with Gasteiger partial charge in [-0.3, -0.25) is 38.1 Å². The fraction of sp³-hybridized carbons (Fsp3) is 0.545. The molecule has 6 N–H and O–H groups in total. The standard InChI is InChI=1S/2C33H43N3O8.H2O4S/c2*1-20(2)17-25(34-30(37)29-33(44-29,32(39)40)24-11-9-21-7-6-8-22(21)18-24)31(38)36-15-13-35(14-16-36)19-23-10-12-26(41-3)28(43-5)27(23)42-4;1-5(2,3)4/h2*9-12,18,20,25,29H,6-8,13-17,19H2,1-5H3,(H,34,37)(H,39,40);(H2,1,2,3,4)/t2*25-,29-,33+;/m00./s1. The van der Waals surface area contributed by atoms with Crippen molar-refractivity contribution in [2.24, 2.45) is 11.8 Å². The van der Waals surface area contributed by atoms with Crippen molar-refractivity contribution >= 4 is 46.0 Å². The number of fused-ring (bicyclic) bond motifs is 2. The van der Waals surface area contributed by atoms with Gasteiger partial charge in [-0.2, -0.15) is 8.42 Å². The molecule has 4 amide bonds. The first kappa shape index (κ1) is 71.1. The van der Waals surface area contributed by atoms with Gasteiger partial charge in [-0.1, -0.05) is 76.2 Å². The number of nitrogens with one attached hydrogen (secondary N) is 2. The molecule has 6 atom stereocenters. The van der Waals surface area contributed by atoms with E-state index in [2.05, 4.69) is 20.4 Å². The van der Waals surface area contributed by atoms with Crippen LogP contribution in [0.25, 0.3) is 0 Å². The zero-order chi connectivity index (χ0) is 67.7. The molecular formula is C66H88N6O20S. The van der Waals surface area contributed by atoms with Crippen LogP contribution in [0.3, 0.4) is 0 Å². The number of ether oxygens (including phenoxy) is 8. The number of piperazine rings is 2. The molecule has 4 heterocycles. The van der Waals surface area contributed by atoms with Gasteiger partial charge in [0.25, 0.3) is 11.8 Å². The van der Waals surface area contributed by atoms with Crippen LogP contribution in [-0.2, 0) is 98.6 Å². The third-order valence-corrected chi connectivity index (χ3v) is 17.8. The molecule has 0 bridgehead atoms. The van der Waals surface area contributed by atoms with E-state index in [0.29, 0.717) is 124 Å². The van der Waals surface area contributed by atoms with Crippen LogP contribution in [0.4, 0.5) is 0 Å². The minimum absolute atomic E-state index is 0.129. The zero-order valence-corrected chi connectivity index (χ0v) is 55.3. The van der Waals surface area contributed by atoms with Gasteiger partial charge in [-0.15, -0.1) is 0 Å². The number of nitrogens with zero attached hydrogens (tertiary/aromatic N) is 4. The summed E-state index contributed by atoms with van der Waals surface area (Å²) in [6, 6.07) is 17.1. The molecular weight excluding hydrogens is 1230 g/mol. The van der Waals surface area contributed by atoms with Gasteiger partial charge in [0.1, 0.15) is 12.1 Å². The van der Waals surface area contributed by atoms with Crippen LogP contribution >= 0.6 is 0 Å². The molecule has 6 aliphatic rings. The van der Waals surface area contributed by atoms with E-state index in [4.69, 9.17) is 55.4 Å². The molecule has 4 aliphatic heterocycles. The number of carboxylic acids is 2. The maximum Gasteiger partial charge on any atom is 0.394 e. The second-order valence-corrected chi connectivity index (χ2v) is 25.7. The number of carboxylic acid groups (broad SMARTS) is 2. The van der Waals surface area contributed by atoms with Gasteiger partial charge in [-0.05, 0) is 109 Å². The molecule has 508 valence electrons. The summed E-state index contributed by atoms with van der Waals surface area (Å²) in [6.07, 6.45) is 4.23. The van der Waals surface area contributed by atoms with Gasteiger partial charge in [0, 0.05) is 76.6 Å². The van der Waals surface area contributed by atoms with Crippen molar-refractivity contribution < 1.29 is 94.4 Å². The minimum Gasteiger partial charge on any atom is -0.493 e. The van der Waals surface area contributed by atoms with Gasteiger partial charge in [0.2, 0.25) is 34.5 Å². The summed E-state index contributed by atoms with van der Waals surface area (Å²) in [5, 5.41) is 26.0. The second kappa shape index (κ2) is 30.5. The Balaban J connectivity index is 0.000000223. The molecule has 4 fully saturated rings. The van der Waals surface area contributed by atoms with Gasteiger partial charge >= 0.3 is 22.3 Å². The average molecular weight is 1320 g/mol. The molecule has 26 nitrogen and oxygen atoms in total. The molecule has 4 aromatic carbocycles. The highest BCUT2D eigenvalue weighted by Gasteiger charge is 2.69.